The molecule has 0 unspecified atom stereocenters. The van der Waals surface area contributed by atoms with Gasteiger partial charge in [-0.2, -0.15) is 0 Å². The summed E-state index contributed by atoms with van der Waals surface area (Å²) in [5.74, 6) is 0.741. The lowest BCUT2D eigenvalue weighted by Crippen LogP contribution is -2.29. The van der Waals surface area contributed by atoms with E-state index < -0.39 is 0 Å². The number of benzene rings is 3. The summed E-state index contributed by atoms with van der Waals surface area (Å²) in [6.45, 7) is 0.886. The van der Waals surface area contributed by atoms with Gasteiger partial charge in [0, 0.05) is 29.6 Å². The number of para-hydroxylation sites is 1. The number of carbonyl (C=O) groups excluding carboxylic acids is 1. The van der Waals surface area contributed by atoms with Gasteiger partial charge in [-0.15, -0.1) is 0 Å². The summed E-state index contributed by atoms with van der Waals surface area (Å²) < 4.78 is 13.0. The van der Waals surface area contributed by atoms with Crippen molar-refractivity contribution < 1.29 is 9.18 Å². The van der Waals surface area contributed by atoms with E-state index in [1.54, 1.807) is 0 Å². The molecule has 1 amide bonds. The molecule has 1 heterocycles. The number of nitrogens with zero attached hydrogens (tertiary/aromatic N) is 2. The topological polar surface area (TPSA) is 66.9 Å². The molecule has 5 nitrogen and oxygen atoms in total. The predicted octanol–water partition coefficient (Wildman–Crippen LogP) is 4.28. The molecule has 0 saturated carbocycles. The largest absolute Gasteiger partial charge is 0.368 e. The van der Waals surface area contributed by atoms with Crippen molar-refractivity contribution in [3.63, 3.8) is 0 Å². The lowest BCUT2D eigenvalue weighted by atomic mass is 10.2. The van der Waals surface area contributed by atoms with Crippen LogP contribution in [0.5, 0.6) is 0 Å². The lowest BCUT2D eigenvalue weighted by Gasteiger charge is -2.11. The summed E-state index contributed by atoms with van der Waals surface area (Å²) in [6, 6.07) is 23.0. The van der Waals surface area contributed by atoms with Crippen molar-refractivity contribution in [2.24, 2.45) is 0 Å². The Morgan fingerprint density at radius 1 is 0.828 bits per heavy atom. The molecule has 0 atom stereocenters. The van der Waals surface area contributed by atoms with Crippen molar-refractivity contribution in [2.45, 2.75) is 0 Å². The minimum absolute atomic E-state index is 0.246. The van der Waals surface area contributed by atoms with Crippen molar-refractivity contribution in [3.8, 4) is 11.4 Å². The van der Waals surface area contributed by atoms with E-state index >= 15 is 0 Å². The van der Waals surface area contributed by atoms with Crippen LogP contribution in [0.3, 0.4) is 0 Å². The molecule has 0 saturated heterocycles. The molecule has 3 aromatic carbocycles. The van der Waals surface area contributed by atoms with Crippen LogP contribution in [-0.2, 0) is 0 Å². The highest BCUT2D eigenvalue weighted by Crippen LogP contribution is 2.24. The van der Waals surface area contributed by atoms with Gasteiger partial charge >= 0.3 is 0 Å². The smallest absolute Gasteiger partial charge is 0.251 e. The molecular weight excluding hydrogens is 367 g/mol. The zero-order chi connectivity index (χ0) is 20.1. The van der Waals surface area contributed by atoms with Gasteiger partial charge in [0.1, 0.15) is 11.6 Å². The Bertz CT molecular complexity index is 1130. The van der Waals surface area contributed by atoms with E-state index in [-0.39, 0.29) is 11.7 Å². The Labute approximate surface area is 167 Å². The van der Waals surface area contributed by atoms with Crippen molar-refractivity contribution >= 4 is 22.6 Å². The Morgan fingerprint density at radius 3 is 2.34 bits per heavy atom. The van der Waals surface area contributed by atoms with E-state index in [1.807, 2.05) is 54.6 Å². The molecule has 1 aromatic heterocycles. The maximum Gasteiger partial charge on any atom is 0.251 e. The quantitative estimate of drug-likeness (QED) is 0.486. The summed E-state index contributed by atoms with van der Waals surface area (Å²) in [4.78, 5) is 21.5. The van der Waals surface area contributed by atoms with Gasteiger partial charge in [-0.05, 0) is 36.4 Å². The number of aromatic nitrogens is 2. The van der Waals surface area contributed by atoms with E-state index in [0.717, 1.165) is 16.5 Å². The maximum absolute atomic E-state index is 13.0. The number of anilines is 1. The van der Waals surface area contributed by atoms with Crippen molar-refractivity contribution in [1.29, 1.82) is 0 Å². The molecule has 4 aromatic rings. The van der Waals surface area contributed by atoms with E-state index in [2.05, 4.69) is 20.6 Å². The van der Waals surface area contributed by atoms with Crippen molar-refractivity contribution in [2.75, 3.05) is 18.4 Å². The minimum Gasteiger partial charge on any atom is -0.368 e. The third-order valence-electron chi connectivity index (χ3n) is 4.44. The number of carbonyl (C=O) groups is 1. The van der Waals surface area contributed by atoms with Gasteiger partial charge in [0.2, 0.25) is 0 Å². The summed E-state index contributed by atoms with van der Waals surface area (Å²) in [5, 5.41) is 7.02. The van der Waals surface area contributed by atoms with Crippen molar-refractivity contribution in [3.05, 3.63) is 90.2 Å². The number of hydrogen-bond acceptors (Lipinski definition) is 4. The summed E-state index contributed by atoms with van der Waals surface area (Å²) in [5.41, 5.74) is 2.20. The van der Waals surface area contributed by atoms with Crippen LogP contribution >= 0.6 is 0 Å². The summed E-state index contributed by atoms with van der Waals surface area (Å²) in [7, 11) is 0. The highest BCUT2D eigenvalue weighted by molar-refractivity contribution is 5.94. The average Bonchev–Trinajstić information content (AvgIpc) is 2.77. The molecule has 0 fully saturated rings. The molecule has 0 radical (unpaired) electrons. The number of rotatable bonds is 6. The van der Waals surface area contributed by atoms with E-state index in [1.165, 1.54) is 24.3 Å². The molecule has 2 N–H and O–H groups in total. The van der Waals surface area contributed by atoms with Gasteiger partial charge in [-0.25, -0.2) is 14.4 Å². The standard InChI is InChI=1S/C23H19FN4O/c24-18-12-10-17(11-13-18)23(29)26-15-14-25-22-19-8-4-5-9-20(19)27-21(28-22)16-6-2-1-3-7-16/h1-13H,14-15H2,(H,26,29)(H,25,27,28). The molecule has 0 bridgehead atoms. The number of fused-ring (bicyclic) bond motifs is 1. The van der Waals surface area contributed by atoms with Crippen LogP contribution in [0.4, 0.5) is 10.2 Å². The maximum atomic E-state index is 13.0. The SMILES string of the molecule is O=C(NCCNc1nc(-c2ccccc2)nc2ccccc12)c1ccc(F)cc1. The van der Waals surface area contributed by atoms with Gasteiger partial charge < -0.3 is 10.6 Å². The monoisotopic (exact) mass is 386 g/mol. The molecule has 6 heteroatoms. The zero-order valence-corrected chi connectivity index (χ0v) is 15.6. The Balaban J connectivity index is 1.47. The number of halogens is 1. The predicted molar refractivity (Wildman–Crippen MR) is 112 cm³/mol. The van der Waals surface area contributed by atoms with Crippen LogP contribution in [0, 0.1) is 5.82 Å². The van der Waals surface area contributed by atoms with Gasteiger partial charge in [-0.3, -0.25) is 4.79 Å². The van der Waals surface area contributed by atoms with Crippen LogP contribution in [0.2, 0.25) is 0 Å². The van der Waals surface area contributed by atoms with E-state index in [9.17, 15) is 9.18 Å². The normalized spacial score (nSPS) is 10.7. The van der Waals surface area contributed by atoms with Gasteiger partial charge in [-0.1, -0.05) is 42.5 Å². The van der Waals surface area contributed by atoms with Crippen LogP contribution < -0.4 is 10.6 Å². The molecule has 29 heavy (non-hydrogen) atoms. The average molecular weight is 386 g/mol. The highest BCUT2D eigenvalue weighted by atomic mass is 19.1. The van der Waals surface area contributed by atoms with Crippen LogP contribution in [0.15, 0.2) is 78.9 Å². The van der Waals surface area contributed by atoms with Crippen LogP contribution in [-0.4, -0.2) is 29.0 Å². The molecule has 0 aliphatic rings. The second kappa shape index (κ2) is 8.48. The second-order valence-corrected chi connectivity index (χ2v) is 6.47. The minimum atomic E-state index is -0.368. The molecule has 0 aliphatic carbocycles. The summed E-state index contributed by atoms with van der Waals surface area (Å²) in [6.07, 6.45) is 0. The molecule has 0 spiro atoms. The first-order valence-electron chi connectivity index (χ1n) is 9.30. The Kier molecular flexibility index (Phi) is 5.42. The zero-order valence-electron chi connectivity index (χ0n) is 15.6. The Morgan fingerprint density at radius 2 is 1.55 bits per heavy atom. The first kappa shape index (κ1) is 18.6. The van der Waals surface area contributed by atoms with Crippen molar-refractivity contribution in [1.82, 2.24) is 15.3 Å². The van der Waals surface area contributed by atoms with Gasteiger partial charge in [0.25, 0.3) is 5.91 Å². The molecule has 0 aliphatic heterocycles. The van der Waals surface area contributed by atoms with E-state index in [4.69, 9.17) is 0 Å². The fraction of sp³-hybridized carbons (Fsp3) is 0.0870. The number of hydrogen-bond donors (Lipinski definition) is 2. The fourth-order valence-corrected chi connectivity index (χ4v) is 2.99. The number of nitrogens with one attached hydrogen (secondary N) is 2. The molecule has 4 rings (SSSR count). The molecular formula is C23H19FN4O. The second-order valence-electron chi connectivity index (χ2n) is 6.47. The highest BCUT2D eigenvalue weighted by Gasteiger charge is 2.09. The third-order valence-corrected chi connectivity index (χ3v) is 4.44. The molecule has 144 valence electrons. The van der Waals surface area contributed by atoms with Crippen LogP contribution in [0.25, 0.3) is 22.3 Å². The summed E-state index contributed by atoms with van der Waals surface area (Å²) >= 11 is 0. The lowest BCUT2D eigenvalue weighted by molar-refractivity contribution is 0.0955. The van der Waals surface area contributed by atoms with Crippen LogP contribution in [0.1, 0.15) is 10.4 Å². The van der Waals surface area contributed by atoms with Gasteiger partial charge in [0.15, 0.2) is 5.82 Å². The first-order valence-corrected chi connectivity index (χ1v) is 9.30. The first-order chi connectivity index (χ1) is 14.2. The fourth-order valence-electron chi connectivity index (χ4n) is 2.99. The van der Waals surface area contributed by atoms with Gasteiger partial charge in [0.05, 0.1) is 5.52 Å². The number of amides is 1. The van der Waals surface area contributed by atoms with E-state index in [0.29, 0.717) is 30.3 Å². The third kappa shape index (κ3) is 4.38. The Hall–Kier alpha value is -3.80.